The summed E-state index contributed by atoms with van der Waals surface area (Å²) in [6.45, 7) is 1.26. The maximum atomic E-state index is 14.0. The predicted octanol–water partition coefficient (Wildman–Crippen LogP) is 2.84. The molecule has 0 spiro atoms. The van der Waals surface area contributed by atoms with E-state index in [4.69, 9.17) is 0 Å². The second-order valence-electron chi connectivity index (χ2n) is 4.71. The Balaban J connectivity index is 2.46. The largest absolute Gasteiger partial charge is 0.467 e. The summed E-state index contributed by atoms with van der Waals surface area (Å²) in [5.41, 5.74) is -1.83. The van der Waals surface area contributed by atoms with Gasteiger partial charge >= 0.3 is 5.97 Å². The molecule has 22 heavy (non-hydrogen) atoms. The Kier molecular flexibility index (Phi) is 4.56. The average molecular weight is 325 g/mol. The molecular weight excluding hydrogens is 312 g/mol. The average Bonchev–Trinajstić information content (AvgIpc) is 3.03. The first kappa shape index (κ1) is 16.1. The lowest BCUT2D eigenvalue weighted by Crippen LogP contribution is -2.50. The summed E-state index contributed by atoms with van der Waals surface area (Å²) in [5.74, 6) is -3.03. The molecule has 1 atom stereocenters. The van der Waals surface area contributed by atoms with E-state index in [0.29, 0.717) is 5.56 Å². The zero-order chi connectivity index (χ0) is 16.3. The minimum Gasteiger partial charge on any atom is -0.467 e. The minimum atomic E-state index is -1.85. The molecular formula is C15H13F2NO3S. The second-order valence-corrected chi connectivity index (χ2v) is 5.49. The number of hydrogen-bond acceptors (Lipinski definition) is 4. The Morgan fingerprint density at radius 1 is 1.27 bits per heavy atom. The molecule has 0 saturated carbocycles. The van der Waals surface area contributed by atoms with Crippen LogP contribution in [0.4, 0.5) is 8.78 Å². The van der Waals surface area contributed by atoms with Gasteiger partial charge in [0.05, 0.1) is 12.7 Å². The molecule has 0 unspecified atom stereocenters. The Hall–Kier alpha value is -2.28. The van der Waals surface area contributed by atoms with E-state index in [0.717, 1.165) is 25.3 Å². The zero-order valence-corrected chi connectivity index (χ0v) is 12.7. The third-order valence-electron chi connectivity index (χ3n) is 3.21. The molecule has 0 aliphatic carbocycles. The molecule has 4 nitrogen and oxygen atoms in total. The van der Waals surface area contributed by atoms with Crippen molar-refractivity contribution in [3.05, 3.63) is 57.8 Å². The number of benzene rings is 1. The van der Waals surface area contributed by atoms with Crippen LogP contribution in [0, 0.1) is 11.6 Å². The van der Waals surface area contributed by atoms with Gasteiger partial charge in [-0.05, 0) is 36.6 Å². The highest BCUT2D eigenvalue weighted by Gasteiger charge is 2.40. The van der Waals surface area contributed by atoms with Gasteiger partial charge in [-0.1, -0.05) is 0 Å². The maximum absolute atomic E-state index is 14.0. The van der Waals surface area contributed by atoms with Crippen LogP contribution in [-0.2, 0) is 15.1 Å². The van der Waals surface area contributed by atoms with Gasteiger partial charge in [0.2, 0.25) is 0 Å². The molecule has 1 amide bonds. The van der Waals surface area contributed by atoms with Gasteiger partial charge in [-0.15, -0.1) is 0 Å². The Bertz CT molecular complexity index is 703. The molecule has 0 saturated heterocycles. The van der Waals surface area contributed by atoms with Crippen molar-refractivity contribution in [2.45, 2.75) is 12.5 Å². The fraction of sp³-hybridized carbons (Fsp3) is 0.200. The first-order valence-electron chi connectivity index (χ1n) is 6.27. The standard InChI is InChI=1S/C15H13F2NO3S/c1-15(14(20)21-2,11-7-10(16)3-4-12(11)17)18-13(19)9-5-6-22-8-9/h3-8H,1-2H3,(H,18,19)/t15-/m0/s1. The van der Waals surface area contributed by atoms with Gasteiger partial charge in [0.15, 0.2) is 5.54 Å². The van der Waals surface area contributed by atoms with Crippen molar-refractivity contribution in [3.63, 3.8) is 0 Å². The predicted molar refractivity (Wildman–Crippen MR) is 77.5 cm³/mol. The SMILES string of the molecule is COC(=O)[C@@](C)(NC(=O)c1ccsc1)c1cc(F)ccc1F. The molecule has 0 bridgehead atoms. The second kappa shape index (κ2) is 6.23. The van der Waals surface area contributed by atoms with E-state index in [2.05, 4.69) is 10.1 Å². The number of nitrogens with one attached hydrogen (secondary N) is 1. The number of amides is 1. The van der Waals surface area contributed by atoms with Crippen LogP contribution < -0.4 is 5.32 Å². The number of hydrogen-bond donors (Lipinski definition) is 1. The van der Waals surface area contributed by atoms with Crippen LogP contribution in [0.2, 0.25) is 0 Å². The van der Waals surface area contributed by atoms with Crippen molar-refractivity contribution in [1.82, 2.24) is 5.32 Å². The highest BCUT2D eigenvalue weighted by molar-refractivity contribution is 7.08. The monoisotopic (exact) mass is 325 g/mol. The molecule has 0 aliphatic rings. The molecule has 1 aromatic carbocycles. The quantitative estimate of drug-likeness (QED) is 0.880. The van der Waals surface area contributed by atoms with E-state index in [1.54, 1.807) is 16.8 Å². The van der Waals surface area contributed by atoms with Gasteiger partial charge in [-0.2, -0.15) is 11.3 Å². The van der Waals surface area contributed by atoms with Gasteiger partial charge in [0.25, 0.3) is 5.91 Å². The van der Waals surface area contributed by atoms with Crippen LogP contribution in [0.25, 0.3) is 0 Å². The molecule has 7 heteroatoms. The number of thiophene rings is 1. The summed E-state index contributed by atoms with van der Waals surface area (Å²) in [5, 5.41) is 5.68. The van der Waals surface area contributed by atoms with E-state index in [1.165, 1.54) is 18.3 Å². The fourth-order valence-electron chi connectivity index (χ4n) is 2.01. The summed E-state index contributed by atoms with van der Waals surface area (Å²) in [6, 6.07) is 4.24. The van der Waals surface area contributed by atoms with Crippen molar-refractivity contribution in [2.24, 2.45) is 0 Å². The molecule has 2 aromatic rings. The van der Waals surface area contributed by atoms with Crippen LogP contribution in [0.3, 0.4) is 0 Å². The Morgan fingerprint density at radius 3 is 2.59 bits per heavy atom. The van der Waals surface area contributed by atoms with Gasteiger partial charge in [-0.3, -0.25) is 4.79 Å². The number of rotatable bonds is 4. The Morgan fingerprint density at radius 2 is 2.00 bits per heavy atom. The summed E-state index contributed by atoms with van der Waals surface area (Å²) < 4.78 is 32.1. The fourth-order valence-corrected chi connectivity index (χ4v) is 2.64. The first-order valence-corrected chi connectivity index (χ1v) is 7.21. The number of methoxy groups -OCH3 is 1. The third-order valence-corrected chi connectivity index (χ3v) is 3.89. The Labute approximate surface area is 129 Å². The summed E-state index contributed by atoms with van der Waals surface area (Å²) in [4.78, 5) is 24.3. The lowest BCUT2D eigenvalue weighted by Gasteiger charge is -2.28. The first-order chi connectivity index (χ1) is 10.4. The lowest BCUT2D eigenvalue weighted by atomic mass is 9.91. The van der Waals surface area contributed by atoms with Gasteiger partial charge < -0.3 is 10.1 Å². The normalized spacial score (nSPS) is 13.3. The van der Waals surface area contributed by atoms with Gasteiger partial charge in [0.1, 0.15) is 11.6 Å². The number of ether oxygens (including phenoxy) is 1. The van der Waals surface area contributed by atoms with Crippen LogP contribution in [-0.4, -0.2) is 19.0 Å². The molecule has 1 heterocycles. The van der Waals surface area contributed by atoms with Crippen molar-refractivity contribution in [2.75, 3.05) is 7.11 Å². The lowest BCUT2D eigenvalue weighted by molar-refractivity contribution is -0.148. The van der Waals surface area contributed by atoms with Crippen LogP contribution in [0.1, 0.15) is 22.8 Å². The summed E-state index contributed by atoms with van der Waals surface area (Å²) >= 11 is 1.30. The topological polar surface area (TPSA) is 55.4 Å². The third kappa shape index (κ3) is 2.99. The van der Waals surface area contributed by atoms with Crippen molar-refractivity contribution >= 4 is 23.2 Å². The molecule has 116 valence electrons. The molecule has 1 aromatic heterocycles. The molecule has 2 rings (SSSR count). The van der Waals surface area contributed by atoms with Crippen LogP contribution in [0.15, 0.2) is 35.0 Å². The van der Waals surface area contributed by atoms with Gasteiger partial charge in [-0.25, -0.2) is 13.6 Å². The number of carbonyl (C=O) groups is 2. The van der Waals surface area contributed by atoms with Crippen LogP contribution in [0.5, 0.6) is 0 Å². The molecule has 0 radical (unpaired) electrons. The zero-order valence-electron chi connectivity index (χ0n) is 11.9. The van der Waals surface area contributed by atoms with E-state index >= 15 is 0 Å². The minimum absolute atomic E-state index is 0.303. The molecule has 1 N–H and O–H groups in total. The van der Waals surface area contributed by atoms with Crippen LogP contribution >= 0.6 is 11.3 Å². The summed E-state index contributed by atoms with van der Waals surface area (Å²) in [7, 11) is 1.11. The molecule has 0 aliphatic heterocycles. The van der Waals surface area contributed by atoms with Crippen molar-refractivity contribution < 1.29 is 23.1 Å². The van der Waals surface area contributed by atoms with Crippen molar-refractivity contribution in [3.8, 4) is 0 Å². The maximum Gasteiger partial charge on any atom is 0.336 e. The molecule has 0 fully saturated rings. The van der Waals surface area contributed by atoms with Gasteiger partial charge in [0, 0.05) is 10.9 Å². The van der Waals surface area contributed by atoms with E-state index in [-0.39, 0.29) is 5.56 Å². The highest BCUT2D eigenvalue weighted by Crippen LogP contribution is 2.27. The van der Waals surface area contributed by atoms with E-state index < -0.39 is 29.0 Å². The van der Waals surface area contributed by atoms with Crippen molar-refractivity contribution in [1.29, 1.82) is 0 Å². The highest BCUT2D eigenvalue weighted by atomic mass is 32.1. The smallest absolute Gasteiger partial charge is 0.336 e. The number of halogens is 2. The van der Waals surface area contributed by atoms with E-state index in [1.807, 2.05) is 0 Å². The number of esters is 1. The van der Waals surface area contributed by atoms with E-state index in [9.17, 15) is 18.4 Å². The summed E-state index contributed by atoms with van der Waals surface area (Å²) in [6.07, 6.45) is 0. The number of carbonyl (C=O) groups excluding carboxylic acids is 2.